The van der Waals surface area contributed by atoms with Gasteiger partial charge < -0.3 is 20.7 Å². The summed E-state index contributed by atoms with van der Waals surface area (Å²) >= 11 is 0. The van der Waals surface area contributed by atoms with E-state index < -0.39 is 0 Å². The molecule has 0 aliphatic carbocycles. The van der Waals surface area contributed by atoms with Crippen LogP contribution >= 0.6 is 0 Å². The zero-order valence-electron chi connectivity index (χ0n) is 14.0. The number of anilines is 1. The van der Waals surface area contributed by atoms with Gasteiger partial charge in [-0.3, -0.25) is 4.99 Å². The molecule has 0 radical (unpaired) electrons. The Morgan fingerprint density at radius 2 is 2.00 bits per heavy atom. The summed E-state index contributed by atoms with van der Waals surface area (Å²) in [5.74, 6) is 0.896. The molecule has 0 saturated heterocycles. The predicted molar refractivity (Wildman–Crippen MR) is 95.8 cm³/mol. The van der Waals surface area contributed by atoms with E-state index in [1.165, 1.54) is 12.1 Å². The second-order valence-electron chi connectivity index (χ2n) is 5.49. The van der Waals surface area contributed by atoms with Crippen LogP contribution in [-0.2, 0) is 6.54 Å². The van der Waals surface area contributed by atoms with E-state index in [1.807, 2.05) is 31.3 Å². The van der Waals surface area contributed by atoms with Gasteiger partial charge in [-0.15, -0.1) is 0 Å². The zero-order valence-corrected chi connectivity index (χ0v) is 14.0. The number of nitrogens with two attached hydrogens (primary N) is 1. The van der Waals surface area contributed by atoms with Crippen molar-refractivity contribution in [3.05, 3.63) is 59.9 Å². The molecular weight excluding hydrogens is 307 g/mol. The van der Waals surface area contributed by atoms with Crippen LogP contribution in [0.4, 0.5) is 10.1 Å². The standard InChI is InChI=1S/C18H23FN4O/c1-23(13-14-6-8-15(19)9-7-14)11-10-21-18(20)22-16-4-3-5-17(12-16)24-2/h3-9,12H,10-11,13H2,1-2H3,(H3,20,21,22). The Balaban J connectivity index is 1.78. The Kier molecular flexibility index (Phi) is 6.57. The van der Waals surface area contributed by atoms with Crippen molar-refractivity contribution in [3.8, 4) is 5.75 Å². The first-order chi connectivity index (χ1) is 11.6. The lowest BCUT2D eigenvalue weighted by Crippen LogP contribution is -2.26. The molecule has 0 spiro atoms. The first-order valence-corrected chi connectivity index (χ1v) is 7.71. The topological polar surface area (TPSA) is 62.9 Å². The van der Waals surface area contributed by atoms with Crippen LogP contribution in [0.3, 0.4) is 0 Å². The van der Waals surface area contributed by atoms with Gasteiger partial charge in [-0.1, -0.05) is 18.2 Å². The fourth-order valence-corrected chi connectivity index (χ4v) is 2.21. The van der Waals surface area contributed by atoms with Crippen molar-refractivity contribution in [1.82, 2.24) is 4.90 Å². The number of benzene rings is 2. The highest BCUT2D eigenvalue weighted by Crippen LogP contribution is 2.16. The first kappa shape index (κ1) is 17.7. The molecule has 0 unspecified atom stereocenters. The Bertz CT molecular complexity index is 673. The lowest BCUT2D eigenvalue weighted by molar-refractivity contribution is 0.336. The van der Waals surface area contributed by atoms with Crippen molar-refractivity contribution in [2.45, 2.75) is 6.54 Å². The average molecular weight is 330 g/mol. The van der Waals surface area contributed by atoms with Crippen LogP contribution in [0.5, 0.6) is 5.75 Å². The molecule has 0 amide bonds. The number of hydrogen-bond donors (Lipinski definition) is 2. The van der Waals surface area contributed by atoms with Crippen molar-refractivity contribution in [3.63, 3.8) is 0 Å². The Labute approximate surface area is 142 Å². The van der Waals surface area contributed by atoms with E-state index in [0.717, 1.165) is 30.1 Å². The van der Waals surface area contributed by atoms with Crippen LogP contribution in [0.1, 0.15) is 5.56 Å². The van der Waals surface area contributed by atoms with Crippen molar-refractivity contribution in [2.24, 2.45) is 10.7 Å². The third-order valence-corrected chi connectivity index (χ3v) is 3.47. The number of likely N-dealkylation sites (N-methyl/N-ethyl adjacent to an activating group) is 1. The SMILES string of the molecule is COc1cccc(NC(N)=NCCN(C)Cc2ccc(F)cc2)c1. The quantitative estimate of drug-likeness (QED) is 0.605. The van der Waals surface area contributed by atoms with Gasteiger partial charge in [0.2, 0.25) is 0 Å². The van der Waals surface area contributed by atoms with Crippen LogP contribution in [0.2, 0.25) is 0 Å². The molecule has 0 aliphatic rings. The smallest absolute Gasteiger partial charge is 0.193 e. The summed E-state index contributed by atoms with van der Waals surface area (Å²) in [6.45, 7) is 2.05. The molecular formula is C18H23FN4O. The molecule has 128 valence electrons. The number of nitrogens with one attached hydrogen (secondary N) is 1. The number of guanidine groups is 1. The van der Waals surface area contributed by atoms with Crippen molar-refractivity contribution in [1.29, 1.82) is 0 Å². The van der Waals surface area contributed by atoms with Crippen molar-refractivity contribution >= 4 is 11.6 Å². The van der Waals surface area contributed by atoms with Gasteiger partial charge in [-0.25, -0.2) is 4.39 Å². The van der Waals surface area contributed by atoms with Gasteiger partial charge in [0.15, 0.2) is 5.96 Å². The molecule has 0 heterocycles. The molecule has 0 bridgehead atoms. The number of halogens is 1. The number of rotatable bonds is 7. The second-order valence-corrected chi connectivity index (χ2v) is 5.49. The van der Waals surface area contributed by atoms with Crippen LogP contribution < -0.4 is 15.8 Å². The van der Waals surface area contributed by atoms with Crippen molar-refractivity contribution in [2.75, 3.05) is 32.6 Å². The second kappa shape index (κ2) is 8.88. The largest absolute Gasteiger partial charge is 0.497 e. The summed E-state index contributed by atoms with van der Waals surface area (Å²) in [5, 5.41) is 3.03. The Morgan fingerprint density at radius 1 is 1.25 bits per heavy atom. The Morgan fingerprint density at radius 3 is 2.71 bits per heavy atom. The fraction of sp³-hybridized carbons (Fsp3) is 0.278. The minimum atomic E-state index is -0.220. The summed E-state index contributed by atoms with van der Waals surface area (Å²) in [5.41, 5.74) is 7.78. The summed E-state index contributed by atoms with van der Waals surface area (Å²) < 4.78 is 18.0. The molecule has 3 N–H and O–H groups in total. The van der Waals surface area contributed by atoms with Crippen LogP contribution in [-0.4, -0.2) is 38.1 Å². The highest BCUT2D eigenvalue weighted by Gasteiger charge is 2.01. The average Bonchev–Trinajstić information content (AvgIpc) is 2.57. The molecule has 2 aromatic carbocycles. The van der Waals surface area contributed by atoms with E-state index >= 15 is 0 Å². The summed E-state index contributed by atoms with van der Waals surface area (Å²) in [4.78, 5) is 6.42. The molecule has 0 aromatic heterocycles. The number of hydrogen-bond acceptors (Lipinski definition) is 3. The third kappa shape index (κ3) is 5.89. The van der Waals surface area contributed by atoms with Crippen LogP contribution in [0, 0.1) is 5.82 Å². The molecule has 24 heavy (non-hydrogen) atoms. The lowest BCUT2D eigenvalue weighted by atomic mass is 10.2. The van der Waals surface area contributed by atoms with Gasteiger partial charge in [0.1, 0.15) is 11.6 Å². The normalized spacial score (nSPS) is 11.6. The van der Waals surface area contributed by atoms with Gasteiger partial charge in [0, 0.05) is 24.8 Å². The van der Waals surface area contributed by atoms with Crippen molar-refractivity contribution < 1.29 is 9.13 Å². The molecule has 0 atom stereocenters. The maximum absolute atomic E-state index is 12.9. The minimum absolute atomic E-state index is 0.220. The minimum Gasteiger partial charge on any atom is -0.497 e. The Hall–Kier alpha value is -2.60. The maximum atomic E-state index is 12.9. The first-order valence-electron chi connectivity index (χ1n) is 7.71. The van der Waals surface area contributed by atoms with Crippen LogP contribution in [0.15, 0.2) is 53.5 Å². The number of methoxy groups -OCH3 is 1. The summed E-state index contributed by atoms with van der Waals surface area (Å²) in [6.07, 6.45) is 0. The highest BCUT2D eigenvalue weighted by atomic mass is 19.1. The fourth-order valence-electron chi connectivity index (χ4n) is 2.21. The molecule has 6 heteroatoms. The highest BCUT2D eigenvalue weighted by molar-refractivity contribution is 5.92. The summed E-state index contributed by atoms with van der Waals surface area (Å²) in [7, 11) is 3.61. The lowest BCUT2D eigenvalue weighted by Gasteiger charge is -2.15. The maximum Gasteiger partial charge on any atom is 0.193 e. The molecule has 0 fully saturated rings. The van der Waals surface area contributed by atoms with Gasteiger partial charge >= 0.3 is 0 Å². The van der Waals surface area contributed by atoms with Gasteiger partial charge in [0.25, 0.3) is 0 Å². The van der Waals surface area contributed by atoms with E-state index in [9.17, 15) is 4.39 Å². The van der Waals surface area contributed by atoms with E-state index in [0.29, 0.717) is 12.5 Å². The summed E-state index contributed by atoms with van der Waals surface area (Å²) in [6, 6.07) is 14.0. The number of nitrogens with zero attached hydrogens (tertiary/aromatic N) is 2. The molecule has 2 aromatic rings. The predicted octanol–water partition coefficient (Wildman–Crippen LogP) is 2.69. The molecule has 0 saturated carbocycles. The number of ether oxygens (including phenoxy) is 1. The van der Waals surface area contributed by atoms with Crippen LogP contribution in [0.25, 0.3) is 0 Å². The van der Waals surface area contributed by atoms with E-state index in [-0.39, 0.29) is 5.82 Å². The van der Waals surface area contributed by atoms with E-state index in [1.54, 1.807) is 19.2 Å². The monoisotopic (exact) mass is 330 g/mol. The molecule has 0 aliphatic heterocycles. The zero-order chi connectivity index (χ0) is 17.4. The number of aliphatic imine (C=N–C) groups is 1. The van der Waals surface area contributed by atoms with E-state index in [4.69, 9.17) is 10.5 Å². The molecule has 2 rings (SSSR count). The van der Waals surface area contributed by atoms with Gasteiger partial charge in [0.05, 0.1) is 13.7 Å². The van der Waals surface area contributed by atoms with Gasteiger partial charge in [-0.05, 0) is 36.9 Å². The third-order valence-electron chi connectivity index (χ3n) is 3.47. The van der Waals surface area contributed by atoms with E-state index in [2.05, 4.69) is 15.2 Å². The van der Waals surface area contributed by atoms with Gasteiger partial charge in [-0.2, -0.15) is 0 Å². The molecule has 5 nitrogen and oxygen atoms in total.